The van der Waals surface area contributed by atoms with Crippen molar-refractivity contribution in [3.8, 4) is 11.5 Å². The summed E-state index contributed by atoms with van der Waals surface area (Å²) in [6, 6.07) is 4.77. The summed E-state index contributed by atoms with van der Waals surface area (Å²) in [6.07, 6.45) is -0.613. The minimum atomic E-state index is -0.807. The van der Waals surface area contributed by atoms with Gasteiger partial charge in [0.25, 0.3) is 0 Å². The molecule has 0 atom stereocenters. The number of carbonyl (C=O) groups excluding carboxylic acids is 2. The molecule has 1 aromatic rings. The number of carbonyl (C=O) groups is 2. The molecule has 0 bridgehead atoms. The molecular weight excluding hydrogens is 292 g/mol. The van der Waals surface area contributed by atoms with Crippen LogP contribution in [0.25, 0.3) is 0 Å². The van der Waals surface area contributed by atoms with Crippen LogP contribution >= 0.6 is 0 Å². The molecule has 0 aliphatic carbocycles. The molecule has 0 saturated carbocycles. The van der Waals surface area contributed by atoms with E-state index < -0.39 is 18.1 Å². The number of amides is 2. The normalized spacial score (nSPS) is 10.2. The number of methoxy groups -OCH3 is 4. The molecular formula is C14H20N2O6. The minimum Gasteiger partial charge on any atom is -0.493 e. The Kier molecular flexibility index (Phi) is 7.14. The lowest BCUT2D eigenvalue weighted by molar-refractivity contribution is -0.139. The molecule has 22 heavy (non-hydrogen) atoms. The van der Waals surface area contributed by atoms with Gasteiger partial charge in [-0.25, -0.2) is 0 Å². The van der Waals surface area contributed by atoms with Crippen LogP contribution < -0.4 is 20.1 Å². The SMILES string of the molecule is COc1ccc(NC(=O)C(=O)NCC(OC)OC)cc1OC. The van der Waals surface area contributed by atoms with Crippen LogP contribution in [0, 0.1) is 0 Å². The fourth-order valence-electron chi connectivity index (χ4n) is 1.62. The number of rotatable bonds is 7. The van der Waals surface area contributed by atoms with E-state index in [1.54, 1.807) is 18.2 Å². The molecule has 1 rings (SSSR count). The number of anilines is 1. The highest BCUT2D eigenvalue weighted by molar-refractivity contribution is 6.39. The van der Waals surface area contributed by atoms with Gasteiger partial charge in [-0.2, -0.15) is 0 Å². The van der Waals surface area contributed by atoms with Crippen molar-refractivity contribution in [2.45, 2.75) is 6.29 Å². The van der Waals surface area contributed by atoms with Crippen molar-refractivity contribution in [1.82, 2.24) is 5.32 Å². The minimum absolute atomic E-state index is 0.0607. The zero-order valence-electron chi connectivity index (χ0n) is 13.0. The Balaban J connectivity index is 2.62. The van der Waals surface area contributed by atoms with Gasteiger partial charge in [0, 0.05) is 26.0 Å². The number of ether oxygens (including phenoxy) is 4. The maximum atomic E-state index is 11.8. The molecule has 8 nitrogen and oxygen atoms in total. The van der Waals surface area contributed by atoms with Gasteiger partial charge in [-0.1, -0.05) is 0 Å². The first kappa shape index (κ1) is 17.7. The Morgan fingerprint density at radius 3 is 2.18 bits per heavy atom. The van der Waals surface area contributed by atoms with Crippen molar-refractivity contribution < 1.29 is 28.5 Å². The van der Waals surface area contributed by atoms with Crippen molar-refractivity contribution in [3.63, 3.8) is 0 Å². The van der Waals surface area contributed by atoms with Crippen molar-refractivity contribution in [1.29, 1.82) is 0 Å². The summed E-state index contributed by atoms with van der Waals surface area (Å²) in [5, 5.41) is 4.86. The number of hydrogen-bond donors (Lipinski definition) is 2. The summed E-state index contributed by atoms with van der Waals surface area (Å²) in [6.45, 7) is 0.0607. The summed E-state index contributed by atoms with van der Waals surface area (Å²) < 4.78 is 20.0. The highest BCUT2D eigenvalue weighted by Gasteiger charge is 2.16. The second-order valence-corrected chi connectivity index (χ2v) is 4.13. The van der Waals surface area contributed by atoms with Crippen LogP contribution in [0.1, 0.15) is 0 Å². The van der Waals surface area contributed by atoms with Crippen LogP contribution in [0.15, 0.2) is 18.2 Å². The van der Waals surface area contributed by atoms with Crippen LogP contribution in [0.5, 0.6) is 11.5 Å². The lowest BCUT2D eigenvalue weighted by atomic mass is 10.2. The Morgan fingerprint density at radius 2 is 1.64 bits per heavy atom. The highest BCUT2D eigenvalue weighted by atomic mass is 16.7. The Bertz CT molecular complexity index is 516. The molecule has 8 heteroatoms. The monoisotopic (exact) mass is 312 g/mol. The van der Waals surface area contributed by atoms with Crippen molar-refractivity contribution in [3.05, 3.63) is 18.2 Å². The van der Waals surface area contributed by atoms with E-state index in [4.69, 9.17) is 18.9 Å². The van der Waals surface area contributed by atoms with E-state index in [0.717, 1.165) is 0 Å². The quantitative estimate of drug-likeness (QED) is 0.558. The first-order chi connectivity index (χ1) is 10.5. The van der Waals surface area contributed by atoms with E-state index >= 15 is 0 Å². The van der Waals surface area contributed by atoms with Gasteiger partial charge in [-0.15, -0.1) is 0 Å². The summed E-state index contributed by atoms with van der Waals surface area (Å²) >= 11 is 0. The van der Waals surface area contributed by atoms with Gasteiger partial charge < -0.3 is 29.6 Å². The first-order valence-electron chi connectivity index (χ1n) is 6.42. The molecule has 122 valence electrons. The topological polar surface area (TPSA) is 95.1 Å². The summed E-state index contributed by atoms with van der Waals surface area (Å²) in [5.74, 6) is -0.639. The maximum Gasteiger partial charge on any atom is 0.313 e. The second kappa shape index (κ2) is 8.85. The maximum absolute atomic E-state index is 11.8. The molecule has 0 fully saturated rings. The average Bonchev–Trinajstić information content (AvgIpc) is 2.55. The van der Waals surface area contributed by atoms with Gasteiger partial charge in [0.05, 0.1) is 20.8 Å². The van der Waals surface area contributed by atoms with Gasteiger partial charge >= 0.3 is 11.8 Å². The van der Waals surface area contributed by atoms with Gasteiger partial charge in [0.2, 0.25) is 0 Å². The van der Waals surface area contributed by atoms with Gasteiger partial charge in [0.15, 0.2) is 17.8 Å². The molecule has 2 amide bonds. The predicted octanol–water partition coefficient (Wildman–Crippen LogP) is 0.377. The third-order valence-electron chi connectivity index (χ3n) is 2.80. The van der Waals surface area contributed by atoms with Gasteiger partial charge in [-0.05, 0) is 12.1 Å². The van der Waals surface area contributed by atoms with E-state index in [1.165, 1.54) is 28.4 Å². The van der Waals surface area contributed by atoms with Crippen molar-refractivity contribution >= 4 is 17.5 Å². The molecule has 0 radical (unpaired) electrons. The lowest BCUT2D eigenvalue weighted by Gasteiger charge is -2.14. The highest BCUT2D eigenvalue weighted by Crippen LogP contribution is 2.29. The Morgan fingerprint density at radius 1 is 1.00 bits per heavy atom. The van der Waals surface area contributed by atoms with E-state index in [-0.39, 0.29) is 6.54 Å². The van der Waals surface area contributed by atoms with E-state index in [9.17, 15) is 9.59 Å². The summed E-state index contributed by atoms with van der Waals surface area (Å²) in [5.41, 5.74) is 0.410. The molecule has 0 aliphatic rings. The molecule has 0 heterocycles. The van der Waals surface area contributed by atoms with E-state index in [1.807, 2.05) is 0 Å². The average molecular weight is 312 g/mol. The summed E-state index contributed by atoms with van der Waals surface area (Å²) in [7, 11) is 5.85. The molecule has 0 aliphatic heterocycles. The van der Waals surface area contributed by atoms with Crippen LogP contribution in [-0.2, 0) is 19.1 Å². The van der Waals surface area contributed by atoms with Crippen LogP contribution in [0.4, 0.5) is 5.69 Å². The lowest BCUT2D eigenvalue weighted by Crippen LogP contribution is -2.40. The second-order valence-electron chi connectivity index (χ2n) is 4.13. The molecule has 0 unspecified atom stereocenters. The van der Waals surface area contributed by atoms with Crippen molar-refractivity contribution in [2.75, 3.05) is 40.3 Å². The molecule has 0 spiro atoms. The fourth-order valence-corrected chi connectivity index (χ4v) is 1.62. The zero-order valence-corrected chi connectivity index (χ0v) is 13.0. The van der Waals surface area contributed by atoms with Crippen LogP contribution in [0.3, 0.4) is 0 Å². The largest absolute Gasteiger partial charge is 0.493 e. The Hall–Kier alpha value is -2.32. The predicted molar refractivity (Wildman–Crippen MR) is 79.0 cm³/mol. The number of hydrogen-bond acceptors (Lipinski definition) is 6. The van der Waals surface area contributed by atoms with E-state index in [0.29, 0.717) is 17.2 Å². The smallest absolute Gasteiger partial charge is 0.313 e. The first-order valence-corrected chi connectivity index (χ1v) is 6.42. The van der Waals surface area contributed by atoms with Crippen LogP contribution in [0.2, 0.25) is 0 Å². The van der Waals surface area contributed by atoms with Crippen LogP contribution in [-0.4, -0.2) is 53.1 Å². The fraction of sp³-hybridized carbons (Fsp3) is 0.429. The zero-order chi connectivity index (χ0) is 16.5. The van der Waals surface area contributed by atoms with E-state index in [2.05, 4.69) is 10.6 Å². The van der Waals surface area contributed by atoms with Gasteiger partial charge in [0.1, 0.15) is 0 Å². The third-order valence-corrected chi connectivity index (χ3v) is 2.80. The third kappa shape index (κ3) is 4.90. The number of benzene rings is 1. The molecule has 0 aromatic heterocycles. The molecule has 1 aromatic carbocycles. The number of nitrogens with one attached hydrogen (secondary N) is 2. The molecule has 2 N–H and O–H groups in total. The Labute approximate surface area is 128 Å². The standard InChI is InChI=1S/C14H20N2O6/c1-19-10-6-5-9(7-11(10)20-2)16-14(18)13(17)15-8-12(21-3)22-4/h5-7,12H,8H2,1-4H3,(H,15,17)(H,16,18). The molecule has 0 saturated heterocycles. The van der Waals surface area contributed by atoms with Gasteiger partial charge in [-0.3, -0.25) is 9.59 Å². The summed E-state index contributed by atoms with van der Waals surface area (Å²) in [4.78, 5) is 23.4. The van der Waals surface area contributed by atoms with Crippen molar-refractivity contribution in [2.24, 2.45) is 0 Å².